The Hall–Kier alpha value is -4.02. The van der Waals surface area contributed by atoms with Gasteiger partial charge in [-0.3, -0.25) is 9.55 Å². The molecule has 11 heteroatoms. The first-order valence-electron chi connectivity index (χ1n) is 8.84. The lowest BCUT2D eigenvalue weighted by Gasteiger charge is -2.09. The highest BCUT2D eigenvalue weighted by Gasteiger charge is 2.31. The van der Waals surface area contributed by atoms with Crippen LogP contribution in [-0.2, 0) is 10.9 Å². The second-order valence-corrected chi connectivity index (χ2v) is 6.33. The van der Waals surface area contributed by atoms with Crippen molar-refractivity contribution in [1.29, 1.82) is 0 Å². The minimum Gasteiger partial charge on any atom is -0.480 e. The number of nitrogens with zero attached hydrogens (tertiary/aromatic N) is 5. The first kappa shape index (κ1) is 20.3. The van der Waals surface area contributed by atoms with E-state index in [0.29, 0.717) is 17.0 Å². The van der Waals surface area contributed by atoms with Gasteiger partial charge in [0.05, 0.1) is 36.4 Å². The molecule has 4 aromatic rings. The van der Waals surface area contributed by atoms with E-state index >= 15 is 0 Å². The zero-order valence-electron chi connectivity index (χ0n) is 16.2. The van der Waals surface area contributed by atoms with Crippen molar-refractivity contribution in [3.8, 4) is 23.2 Å². The molecule has 0 spiro atoms. The van der Waals surface area contributed by atoms with Crippen LogP contribution in [0.4, 0.5) is 13.2 Å². The predicted octanol–water partition coefficient (Wildman–Crippen LogP) is 3.69. The second kappa shape index (κ2) is 7.67. The van der Waals surface area contributed by atoms with Crippen molar-refractivity contribution in [2.75, 3.05) is 14.2 Å². The van der Waals surface area contributed by atoms with Gasteiger partial charge in [-0.25, -0.2) is 9.78 Å². The fraction of sp³-hybridized carbons (Fsp3) is 0.150. The monoisotopic (exact) mass is 429 g/mol. The summed E-state index contributed by atoms with van der Waals surface area (Å²) in [7, 11) is 2.68. The number of alkyl halides is 3. The lowest BCUT2D eigenvalue weighted by atomic mass is 10.2. The summed E-state index contributed by atoms with van der Waals surface area (Å²) >= 11 is 0. The SMILES string of the molecule is COC(=O)c1ccc(-c2nc3cc(C(F)(F)F)ccc3n2-c2ccc(OC)nn2)nc1. The number of aromatic nitrogens is 5. The molecule has 0 atom stereocenters. The Morgan fingerprint density at radius 3 is 2.42 bits per heavy atom. The molecule has 0 aliphatic heterocycles. The van der Waals surface area contributed by atoms with Crippen LogP contribution in [0.5, 0.6) is 5.88 Å². The Labute approximate surface area is 173 Å². The standard InChI is InChI=1S/C20H14F3N5O3/c1-30-17-8-7-16(26-27-17)28-15-6-4-12(20(21,22)23)9-14(15)25-18(28)13-5-3-11(10-24-13)19(29)31-2/h3-10H,1-2H3. The molecule has 0 saturated heterocycles. The van der Waals surface area contributed by atoms with Gasteiger partial charge in [-0.05, 0) is 36.4 Å². The van der Waals surface area contributed by atoms with Crippen LogP contribution in [0.15, 0.2) is 48.7 Å². The third-order valence-corrected chi connectivity index (χ3v) is 4.46. The maximum atomic E-state index is 13.2. The van der Waals surface area contributed by atoms with Gasteiger partial charge in [-0.1, -0.05) is 0 Å². The van der Waals surface area contributed by atoms with E-state index in [1.807, 2.05) is 0 Å². The number of hydrogen-bond acceptors (Lipinski definition) is 7. The largest absolute Gasteiger partial charge is 0.480 e. The van der Waals surface area contributed by atoms with E-state index in [4.69, 9.17) is 4.74 Å². The second-order valence-electron chi connectivity index (χ2n) is 6.33. The highest BCUT2D eigenvalue weighted by atomic mass is 19.4. The predicted molar refractivity (Wildman–Crippen MR) is 103 cm³/mol. The summed E-state index contributed by atoms with van der Waals surface area (Å²) in [6.45, 7) is 0. The van der Waals surface area contributed by atoms with Gasteiger partial charge in [0.15, 0.2) is 11.6 Å². The van der Waals surface area contributed by atoms with Gasteiger partial charge in [-0.2, -0.15) is 13.2 Å². The Morgan fingerprint density at radius 2 is 1.84 bits per heavy atom. The molecule has 0 amide bonds. The molecule has 31 heavy (non-hydrogen) atoms. The van der Waals surface area contributed by atoms with Crippen LogP contribution < -0.4 is 4.74 Å². The third kappa shape index (κ3) is 3.77. The fourth-order valence-corrected chi connectivity index (χ4v) is 2.97. The molecule has 3 aromatic heterocycles. The number of fused-ring (bicyclic) bond motifs is 1. The van der Waals surface area contributed by atoms with Crippen molar-refractivity contribution in [2.45, 2.75) is 6.18 Å². The number of hydrogen-bond donors (Lipinski definition) is 0. The van der Waals surface area contributed by atoms with Crippen molar-refractivity contribution in [1.82, 2.24) is 24.7 Å². The number of carbonyl (C=O) groups is 1. The van der Waals surface area contributed by atoms with E-state index in [1.54, 1.807) is 12.1 Å². The minimum atomic E-state index is -4.52. The van der Waals surface area contributed by atoms with Crippen LogP contribution >= 0.6 is 0 Å². The van der Waals surface area contributed by atoms with Crippen molar-refractivity contribution >= 4 is 17.0 Å². The fourth-order valence-electron chi connectivity index (χ4n) is 2.97. The third-order valence-electron chi connectivity index (χ3n) is 4.46. The van der Waals surface area contributed by atoms with E-state index in [9.17, 15) is 18.0 Å². The summed E-state index contributed by atoms with van der Waals surface area (Å²) in [5, 5.41) is 8.00. The maximum Gasteiger partial charge on any atom is 0.416 e. The number of methoxy groups -OCH3 is 2. The highest BCUT2D eigenvalue weighted by molar-refractivity contribution is 5.89. The summed E-state index contributed by atoms with van der Waals surface area (Å²) in [4.78, 5) is 20.2. The van der Waals surface area contributed by atoms with Gasteiger partial charge in [-0.15, -0.1) is 10.2 Å². The molecule has 0 N–H and O–H groups in total. The van der Waals surface area contributed by atoms with Gasteiger partial charge in [0, 0.05) is 12.3 Å². The van der Waals surface area contributed by atoms with E-state index in [0.717, 1.165) is 12.1 Å². The van der Waals surface area contributed by atoms with Crippen LogP contribution in [-0.4, -0.2) is 44.9 Å². The summed E-state index contributed by atoms with van der Waals surface area (Å²) in [6.07, 6.45) is -3.22. The van der Waals surface area contributed by atoms with E-state index in [1.165, 1.54) is 43.2 Å². The van der Waals surface area contributed by atoms with Crippen molar-refractivity contribution in [3.05, 3.63) is 59.8 Å². The molecule has 8 nitrogen and oxygen atoms in total. The normalized spacial score (nSPS) is 11.5. The molecule has 0 fully saturated rings. The zero-order valence-corrected chi connectivity index (χ0v) is 16.2. The minimum absolute atomic E-state index is 0.0984. The van der Waals surface area contributed by atoms with E-state index in [2.05, 4.69) is 24.9 Å². The molecule has 0 unspecified atom stereocenters. The molecule has 0 radical (unpaired) electrons. The Morgan fingerprint density at radius 1 is 1.03 bits per heavy atom. The summed E-state index contributed by atoms with van der Waals surface area (Å²) < 4.78 is 50.7. The van der Waals surface area contributed by atoms with Gasteiger partial charge in [0.25, 0.3) is 0 Å². The van der Waals surface area contributed by atoms with Crippen LogP contribution in [0.2, 0.25) is 0 Å². The molecule has 158 valence electrons. The number of pyridine rings is 1. The van der Waals surface area contributed by atoms with Crippen molar-refractivity contribution < 1.29 is 27.4 Å². The van der Waals surface area contributed by atoms with Gasteiger partial charge in [0.1, 0.15) is 5.69 Å². The van der Waals surface area contributed by atoms with Gasteiger partial charge in [0.2, 0.25) is 5.88 Å². The zero-order chi connectivity index (χ0) is 22.2. The average Bonchev–Trinajstić information content (AvgIpc) is 3.17. The number of benzene rings is 1. The average molecular weight is 429 g/mol. The Balaban J connectivity index is 1.92. The van der Waals surface area contributed by atoms with Crippen molar-refractivity contribution in [2.24, 2.45) is 0 Å². The summed E-state index contributed by atoms with van der Waals surface area (Å²) in [5.41, 5.74) is 0.182. The lowest BCUT2D eigenvalue weighted by Crippen LogP contribution is -2.05. The number of halogens is 3. The molecular weight excluding hydrogens is 415 g/mol. The van der Waals surface area contributed by atoms with Gasteiger partial charge < -0.3 is 9.47 Å². The highest BCUT2D eigenvalue weighted by Crippen LogP contribution is 2.33. The molecule has 3 heterocycles. The molecule has 0 aliphatic carbocycles. The Bertz CT molecular complexity index is 1250. The van der Waals surface area contributed by atoms with Gasteiger partial charge >= 0.3 is 12.1 Å². The van der Waals surface area contributed by atoms with E-state index in [-0.39, 0.29) is 22.8 Å². The molecule has 1 aromatic carbocycles. The quantitative estimate of drug-likeness (QED) is 0.457. The van der Waals surface area contributed by atoms with Crippen LogP contribution in [0.1, 0.15) is 15.9 Å². The summed E-state index contributed by atoms with van der Waals surface area (Å²) in [5.74, 6) is 0.236. The first-order chi connectivity index (χ1) is 14.8. The molecule has 4 rings (SSSR count). The summed E-state index contributed by atoms with van der Waals surface area (Å²) in [6, 6.07) is 9.39. The molecule has 0 bridgehead atoms. The molecule has 0 aliphatic rings. The van der Waals surface area contributed by atoms with Crippen LogP contribution in [0.3, 0.4) is 0 Å². The number of rotatable bonds is 4. The number of imidazole rings is 1. The lowest BCUT2D eigenvalue weighted by molar-refractivity contribution is -0.137. The topological polar surface area (TPSA) is 92.0 Å². The molecular formula is C20H14F3N5O3. The molecule has 0 saturated carbocycles. The number of esters is 1. The Kier molecular flexibility index (Phi) is 5.01. The van der Waals surface area contributed by atoms with E-state index < -0.39 is 17.7 Å². The smallest absolute Gasteiger partial charge is 0.416 e. The van der Waals surface area contributed by atoms with Crippen molar-refractivity contribution in [3.63, 3.8) is 0 Å². The maximum absolute atomic E-state index is 13.2. The first-order valence-corrected chi connectivity index (χ1v) is 8.84. The van der Waals surface area contributed by atoms with Crippen LogP contribution in [0.25, 0.3) is 28.4 Å². The number of carbonyl (C=O) groups excluding carboxylic acids is 1. The number of ether oxygens (including phenoxy) is 2. The van der Waals surface area contributed by atoms with Crippen LogP contribution in [0, 0.1) is 0 Å².